The van der Waals surface area contributed by atoms with Crippen molar-refractivity contribution in [3.63, 3.8) is 0 Å². The van der Waals surface area contributed by atoms with Gasteiger partial charge in [0.05, 0.1) is 0 Å². The number of carbonyl (C=O) groups excluding carboxylic acids is 3. The lowest BCUT2D eigenvalue weighted by atomic mass is 9.73. The van der Waals surface area contributed by atoms with Crippen molar-refractivity contribution in [3.8, 4) is 5.75 Å². The van der Waals surface area contributed by atoms with Crippen molar-refractivity contribution in [3.05, 3.63) is 51.7 Å². The first-order valence-corrected chi connectivity index (χ1v) is 17.9. The van der Waals surface area contributed by atoms with Crippen LogP contribution in [0, 0.1) is 16.2 Å². The smallest absolute Gasteiger partial charge is 0.330 e. The zero-order chi connectivity index (χ0) is 34.3. The summed E-state index contributed by atoms with van der Waals surface area (Å²) >= 11 is 1.82. The van der Waals surface area contributed by atoms with Gasteiger partial charge in [0.25, 0.3) is 0 Å². The molecular weight excluding hydrogens is 595 g/mol. The third kappa shape index (κ3) is 11.2. The minimum Gasteiger partial charge on any atom is -0.425 e. The summed E-state index contributed by atoms with van der Waals surface area (Å²) in [5, 5.41) is 8.11. The molecule has 7 nitrogen and oxygen atoms in total. The lowest BCUT2D eigenvalue weighted by Gasteiger charge is -2.38. The normalized spacial score (nSPS) is 15.8. The van der Waals surface area contributed by atoms with Crippen molar-refractivity contribution in [2.75, 3.05) is 19.6 Å². The van der Waals surface area contributed by atoms with Gasteiger partial charge in [0.15, 0.2) is 0 Å². The maximum Gasteiger partial charge on any atom is 0.330 e. The number of thiophene rings is 1. The van der Waals surface area contributed by atoms with Crippen LogP contribution in [0.5, 0.6) is 5.75 Å². The number of carbonyl (C=O) groups is 3. The van der Waals surface area contributed by atoms with E-state index in [1.165, 1.54) is 10.4 Å². The Morgan fingerprint density at radius 3 is 2.24 bits per heavy atom. The molecule has 0 fully saturated rings. The average Bonchev–Trinajstić information content (AvgIpc) is 3.45. The highest BCUT2D eigenvalue weighted by molar-refractivity contribution is 7.09. The molecule has 1 aliphatic rings. The van der Waals surface area contributed by atoms with Gasteiger partial charge in [-0.3, -0.25) is 14.5 Å². The third-order valence-electron chi connectivity index (χ3n) is 8.82. The summed E-state index contributed by atoms with van der Waals surface area (Å²) in [6, 6.07) is 10.8. The molecule has 2 amide bonds. The summed E-state index contributed by atoms with van der Waals surface area (Å²) in [4.78, 5) is 43.5. The Labute approximate surface area is 282 Å². The first-order chi connectivity index (χ1) is 21.3. The highest BCUT2D eigenvalue weighted by Crippen LogP contribution is 2.36. The second kappa shape index (κ2) is 15.5. The van der Waals surface area contributed by atoms with Crippen LogP contribution in [-0.2, 0) is 33.6 Å². The van der Waals surface area contributed by atoms with Crippen LogP contribution in [0.25, 0.3) is 0 Å². The van der Waals surface area contributed by atoms with Gasteiger partial charge in [0.1, 0.15) is 12.3 Å². The van der Waals surface area contributed by atoms with Crippen LogP contribution in [0.2, 0.25) is 0 Å². The molecule has 2 N–H and O–H groups in total. The number of amides is 2. The van der Waals surface area contributed by atoms with E-state index in [-0.39, 0.29) is 29.3 Å². The van der Waals surface area contributed by atoms with Crippen LogP contribution in [0.3, 0.4) is 0 Å². The summed E-state index contributed by atoms with van der Waals surface area (Å²) in [7, 11) is 0. The maximum atomic E-state index is 13.3. The Morgan fingerprint density at radius 2 is 1.61 bits per heavy atom. The van der Waals surface area contributed by atoms with Gasteiger partial charge in [-0.1, -0.05) is 73.6 Å². The number of esters is 1. The predicted molar refractivity (Wildman–Crippen MR) is 189 cm³/mol. The SMILES string of the molecule is CCCN(CCc1cccs1)[C@H]1CCc2c(cccc2OC(=O)CNC(=O)C(C)(C)CC(C)(C)C(=O)NC(C)(C)CC(C)(C)C)C1. The quantitative estimate of drug-likeness (QED) is 0.155. The molecule has 0 unspecified atom stereocenters. The molecule has 1 aromatic heterocycles. The molecule has 2 aromatic rings. The molecule has 1 aromatic carbocycles. The molecule has 0 aliphatic heterocycles. The standard InChI is InChI=1S/C38H59N3O4S/c1-11-20-41(21-19-29-15-13-22-46-29)28-17-18-30-27(23-28)14-12-16-31(30)45-32(42)24-39-33(43)36(5,6)26-37(7,8)34(44)40-38(9,10)25-35(2,3)4/h12-16,22,28H,11,17-21,23-26H2,1-10H3,(H,39,43)(H,40,44)/t28-/m0/s1. The van der Waals surface area contributed by atoms with Crippen LogP contribution >= 0.6 is 11.3 Å². The summed E-state index contributed by atoms with van der Waals surface area (Å²) in [6.07, 6.45) is 6.16. The third-order valence-corrected chi connectivity index (χ3v) is 9.76. The van der Waals surface area contributed by atoms with Gasteiger partial charge >= 0.3 is 5.97 Å². The van der Waals surface area contributed by atoms with Crippen LogP contribution in [0.15, 0.2) is 35.7 Å². The predicted octanol–water partition coefficient (Wildman–Crippen LogP) is 7.36. The Hall–Kier alpha value is -2.71. The van der Waals surface area contributed by atoms with Crippen molar-refractivity contribution in [1.29, 1.82) is 0 Å². The summed E-state index contributed by atoms with van der Waals surface area (Å²) in [5.41, 5.74) is 0.360. The van der Waals surface area contributed by atoms with Crippen molar-refractivity contribution < 1.29 is 19.1 Å². The van der Waals surface area contributed by atoms with Crippen molar-refractivity contribution >= 4 is 29.1 Å². The number of hydrogen-bond donors (Lipinski definition) is 2. The topological polar surface area (TPSA) is 87.7 Å². The van der Waals surface area contributed by atoms with Crippen molar-refractivity contribution in [2.45, 2.75) is 126 Å². The molecule has 1 heterocycles. The highest BCUT2D eigenvalue weighted by atomic mass is 32.1. The lowest BCUT2D eigenvalue weighted by molar-refractivity contribution is -0.140. The molecule has 3 rings (SSSR count). The molecular formula is C38H59N3O4S. The molecule has 0 saturated heterocycles. The van der Waals surface area contributed by atoms with E-state index in [2.05, 4.69) is 66.8 Å². The fraction of sp³-hybridized carbons (Fsp3) is 0.658. The van der Waals surface area contributed by atoms with Gasteiger partial charge in [-0.25, -0.2) is 4.79 Å². The second-order valence-corrected chi connectivity index (χ2v) is 17.4. The number of ether oxygens (including phenoxy) is 1. The van der Waals surface area contributed by atoms with Gasteiger partial charge in [-0.2, -0.15) is 0 Å². The second-order valence-electron chi connectivity index (χ2n) is 16.3. The Balaban J connectivity index is 1.55. The molecule has 256 valence electrons. The molecule has 0 saturated carbocycles. The van der Waals surface area contributed by atoms with Gasteiger partial charge in [-0.05, 0) is 99.4 Å². The molecule has 0 spiro atoms. The summed E-state index contributed by atoms with van der Waals surface area (Å²) in [6.45, 7) is 22.0. The zero-order valence-electron chi connectivity index (χ0n) is 30.1. The molecule has 8 heteroatoms. The number of fused-ring (bicyclic) bond motifs is 1. The minimum atomic E-state index is -0.871. The molecule has 1 atom stereocenters. The fourth-order valence-electron chi connectivity index (χ4n) is 7.30. The van der Waals surface area contributed by atoms with E-state index in [0.29, 0.717) is 18.2 Å². The van der Waals surface area contributed by atoms with Crippen molar-refractivity contribution in [2.24, 2.45) is 16.2 Å². The molecule has 0 radical (unpaired) electrons. The van der Waals surface area contributed by atoms with Gasteiger partial charge in [0, 0.05) is 33.8 Å². The monoisotopic (exact) mass is 653 g/mol. The molecule has 0 bridgehead atoms. The number of rotatable bonds is 15. The zero-order valence-corrected chi connectivity index (χ0v) is 30.9. The summed E-state index contributed by atoms with van der Waals surface area (Å²) in [5.74, 6) is -0.274. The van der Waals surface area contributed by atoms with Gasteiger partial charge in [0.2, 0.25) is 11.8 Å². The summed E-state index contributed by atoms with van der Waals surface area (Å²) < 4.78 is 5.82. The first kappa shape index (κ1) is 37.7. The minimum absolute atomic E-state index is 0.0656. The number of nitrogens with zero attached hydrogens (tertiary/aromatic N) is 1. The highest BCUT2D eigenvalue weighted by Gasteiger charge is 2.41. The number of nitrogens with one attached hydrogen (secondary N) is 2. The van der Waals surface area contributed by atoms with E-state index in [1.807, 2.05) is 65.0 Å². The van der Waals surface area contributed by atoms with E-state index >= 15 is 0 Å². The van der Waals surface area contributed by atoms with Crippen LogP contribution in [0.4, 0.5) is 0 Å². The van der Waals surface area contributed by atoms with Crippen molar-refractivity contribution in [1.82, 2.24) is 15.5 Å². The Bertz CT molecular complexity index is 1320. The first-order valence-electron chi connectivity index (χ1n) is 17.0. The fourth-order valence-corrected chi connectivity index (χ4v) is 7.99. The molecule has 1 aliphatic carbocycles. The number of hydrogen-bond acceptors (Lipinski definition) is 6. The van der Waals surface area contributed by atoms with Gasteiger partial charge in [-0.15, -0.1) is 11.3 Å². The Kier molecular flexibility index (Phi) is 12.7. The van der Waals surface area contributed by atoms with E-state index in [9.17, 15) is 14.4 Å². The van der Waals surface area contributed by atoms with Crippen LogP contribution in [0.1, 0.15) is 111 Å². The van der Waals surface area contributed by atoms with E-state index in [4.69, 9.17) is 4.74 Å². The van der Waals surface area contributed by atoms with Crippen LogP contribution in [-0.4, -0.2) is 53.9 Å². The van der Waals surface area contributed by atoms with E-state index in [1.54, 1.807) is 0 Å². The van der Waals surface area contributed by atoms with E-state index < -0.39 is 16.8 Å². The van der Waals surface area contributed by atoms with Gasteiger partial charge < -0.3 is 15.4 Å². The van der Waals surface area contributed by atoms with E-state index in [0.717, 1.165) is 57.2 Å². The average molecular weight is 654 g/mol. The molecule has 46 heavy (non-hydrogen) atoms. The Morgan fingerprint density at radius 1 is 0.913 bits per heavy atom. The van der Waals surface area contributed by atoms with Crippen LogP contribution < -0.4 is 15.4 Å². The lowest BCUT2D eigenvalue weighted by Crippen LogP contribution is -2.52. The maximum absolute atomic E-state index is 13.3. The largest absolute Gasteiger partial charge is 0.425 e. The number of benzene rings is 1.